The number of rotatable bonds is 1. The van der Waals surface area contributed by atoms with Gasteiger partial charge in [-0.05, 0) is 55.9 Å². The molecular formula is C17H20ClN. The molecule has 1 nitrogen and oxygen atoms in total. The summed E-state index contributed by atoms with van der Waals surface area (Å²) in [4.78, 5) is 4.57. The minimum atomic E-state index is 0.347. The molecule has 1 aliphatic carbocycles. The molecule has 1 aromatic carbocycles. The fourth-order valence-electron chi connectivity index (χ4n) is 3.10. The highest BCUT2D eigenvalue weighted by atomic mass is 35.5. The maximum atomic E-state index is 6.39. The number of hydrogen-bond donors (Lipinski definition) is 0. The summed E-state index contributed by atoms with van der Waals surface area (Å²) >= 11 is 6.39. The lowest BCUT2D eigenvalue weighted by molar-refractivity contribution is 0.596. The van der Waals surface area contributed by atoms with Gasteiger partial charge in [0.2, 0.25) is 0 Å². The number of nitrogens with zero attached hydrogens (tertiary/aromatic N) is 1. The maximum absolute atomic E-state index is 6.39. The number of halogens is 1. The van der Waals surface area contributed by atoms with E-state index in [9.17, 15) is 0 Å². The molecule has 19 heavy (non-hydrogen) atoms. The van der Waals surface area contributed by atoms with Crippen LogP contribution < -0.4 is 0 Å². The van der Waals surface area contributed by atoms with Gasteiger partial charge in [-0.3, -0.25) is 4.98 Å². The van der Waals surface area contributed by atoms with Crippen molar-refractivity contribution in [2.24, 2.45) is 0 Å². The van der Waals surface area contributed by atoms with Crippen molar-refractivity contribution >= 4 is 22.5 Å². The van der Waals surface area contributed by atoms with Crippen LogP contribution in [0.3, 0.4) is 0 Å². The zero-order chi connectivity index (χ0) is 13.2. The molecule has 0 spiro atoms. The molecule has 0 aliphatic heterocycles. The van der Waals surface area contributed by atoms with Crippen molar-refractivity contribution in [1.29, 1.82) is 0 Å². The first-order valence-corrected chi connectivity index (χ1v) is 7.67. The van der Waals surface area contributed by atoms with Gasteiger partial charge < -0.3 is 0 Å². The molecule has 0 radical (unpaired) electrons. The van der Waals surface area contributed by atoms with Gasteiger partial charge in [0, 0.05) is 16.5 Å². The van der Waals surface area contributed by atoms with E-state index in [1.54, 1.807) is 0 Å². The van der Waals surface area contributed by atoms with Crippen molar-refractivity contribution in [2.75, 3.05) is 0 Å². The molecule has 1 aromatic heterocycles. The van der Waals surface area contributed by atoms with Crippen LogP contribution in [0.5, 0.6) is 0 Å². The van der Waals surface area contributed by atoms with Gasteiger partial charge in [0.1, 0.15) is 0 Å². The monoisotopic (exact) mass is 273 g/mol. The van der Waals surface area contributed by atoms with Crippen LogP contribution in [0.2, 0.25) is 0 Å². The van der Waals surface area contributed by atoms with Crippen molar-refractivity contribution in [3.63, 3.8) is 0 Å². The summed E-state index contributed by atoms with van der Waals surface area (Å²) < 4.78 is 0. The Morgan fingerprint density at radius 2 is 1.95 bits per heavy atom. The molecule has 1 fully saturated rings. The maximum Gasteiger partial charge on any atom is 0.0705 e. The summed E-state index contributed by atoms with van der Waals surface area (Å²) in [6.45, 7) is 2.04. The Bertz CT molecular complexity index is 578. The highest BCUT2D eigenvalue weighted by molar-refractivity contribution is 6.20. The van der Waals surface area contributed by atoms with Crippen LogP contribution in [0, 0.1) is 6.92 Å². The first-order valence-electron chi connectivity index (χ1n) is 7.24. The SMILES string of the molecule is Cc1ccc2cc(C3CCCCC(Cl)C3)ccc2n1. The molecular weight excluding hydrogens is 254 g/mol. The number of fused-ring (bicyclic) bond motifs is 1. The fraction of sp³-hybridized carbons (Fsp3) is 0.471. The highest BCUT2D eigenvalue weighted by Gasteiger charge is 2.20. The zero-order valence-corrected chi connectivity index (χ0v) is 12.2. The van der Waals surface area contributed by atoms with Crippen LogP contribution in [0.15, 0.2) is 30.3 Å². The topological polar surface area (TPSA) is 12.9 Å². The van der Waals surface area contributed by atoms with Gasteiger partial charge in [-0.25, -0.2) is 0 Å². The van der Waals surface area contributed by atoms with E-state index in [1.165, 1.54) is 36.6 Å². The Kier molecular flexibility index (Phi) is 3.74. The smallest absolute Gasteiger partial charge is 0.0705 e. The van der Waals surface area contributed by atoms with Gasteiger partial charge in [0.15, 0.2) is 0 Å². The molecule has 2 unspecified atom stereocenters. The van der Waals surface area contributed by atoms with E-state index in [2.05, 4.69) is 35.3 Å². The van der Waals surface area contributed by atoms with E-state index >= 15 is 0 Å². The molecule has 100 valence electrons. The Morgan fingerprint density at radius 1 is 1.11 bits per heavy atom. The summed E-state index contributed by atoms with van der Waals surface area (Å²) in [5.74, 6) is 0.621. The molecule has 3 rings (SSSR count). The second kappa shape index (κ2) is 5.50. The molecule has 0 saturated heterocycles. The summed E-state index contributed by atoms with van der Waals surface area (Å²) in [7, 11) is 0. The van der Waals surface area contributed by atoms with Crippen molar-refractivity contribution in [1.82, 2.24) is 4.98 Å². The predicted molar refractivity (Wildman–Crippen MR) is 81.9 cm³/mol. The molecule has 2 heteroatoms. The largest absolute Gasteiger partial charge is 0.253 e. The molecule has 0 N–H and O–H groups in total. The lowest BCUT2D eigenvalue weighted by Gasteiger charge is -2.17. The number of aryl methyl sites for hydroxylation is 1. The first kappa shape index (κ1) is 12.9. The van der Waals surface area contributed by atoms with Crippen molar-refractivity contribution in [3.05, 3.63) is 41.6 Å². The third-order valence-electron chi connectivity index (χ3n) is 4.18. The molecule has 0 amide bonds. The van der Waals surface area contributed by atoms with Crippen LogP contribution in [0.1, 0.15) is 49.3 Å². The van der Waals surface area contributed by atoms with Crippen LogP contribution >= 0.6 is 11.6 Å². The lowest BCUT2D eigenvalue weighted by atomic mass is 9.91. The quantitative estimate of drug-likeness (QED) is 0.514. The Labute approximate surface area is 120 Å². The number of benzene rings is 1. The second-order valence-electron chi connectivity index (χ2n) is 5.72. The number of hydrogen-bond acceptors (Lipinski definition) is 1. The standard InChI is InChI=1S/C17H20ClN/c1-12-6-7-15-10-14(8-9-17(15)19-12)13-4-2-3-5-16(18)11-13/h6-10,13,16H,2-5,11H2,1H3. The van der Waals surface area contributed by atoms with E-state index in [1.807, 2.05) is 6.92 Å². The van der Waals surface area contributed by atoms with Crippen LogP contribution in [0.25, 0.3) is 10.9 Å². The average molecular weight is 274 g/mol. The molecule has 1 heterocycles. The van der Waals surface area contributed by atoms with E-state index in [-0.39, 0.29) is 0 Å². The Morgan fingerprint density at radius 3 is 2.84 bits per heavy atom. The molecule has 1 saturated carbocycles. The average Bonchev–Trinajstić information content (AvgIpc) is 2.63. The normalized spacial score (nSPS) is 24.3. The molecule has 0 bridgehead atoms. The third-order valence-corrected chi connectivity index (χ3v) is 4.58. The number of aromatic nitrogens is 1. The van der Waals surface area contributed by atoms with E-state index in [0.717, 1.165) is 17.6 Å². The number of alkyl halides is 1. The summed E-state index contributed by atoms with van der Waals surface area (Å²) in [6, 6.07) is 11.0. The zero-order valence-electron chi connectivity index (χ0n) is 11.4. The highest BCUT2D eigenvalue weighted by Crippen LogP contribution is 2.34. The van der Waals surface area contributed by atoms with Crippen LogP contribution in [-0.4, -0.2) is 10.4 Å². The second-order valence-corrected chi connectivity index (χ2v) is 6.34. The van der Waals surface area contributed by atoms with Gasteiger partial charge in [0.25, 0.3) is 0 Å². The van der Waals surface area contributed by atoms with Gasteiger partial charge >= 0.3 is 0 Å². The molecule has 1 aliphatic rings. The Hall–Kier alpha value is -1.08. The minimum Gasteiger partial charge on any atom is -0.253 e. The third kappa shape index (κ3) is 2.92. The van der Waals surface area contributed by atoms with Gasteiger partial charge in [-0.2, -0.15) is 0 Å². The number of pyridine rings is 1. The summed E-state index contributed by atoms with van der Waals surface area (Å²) in [5, 5.41) is 1.60. The summed E-state index contributed by atoms with van der Waals surface area (Å²) in [5.41, 5.74) is 3.61. The van der Waals surface area contributed by atoms with Crippen LogP contribution in [-0.2, 0) is 0 Å². The Balaban J connectivity index is 1.93. The van der Waals surface area contributed by atoms with Crippen molar-refractivity contribution in [2.45, 2.75) is 50.3 Å². The van der Waals surface area contributed by atoms with Gasteiger partial charge in [-0.1, -0.05) is 25.0 Å². The summed E-state index contributed by atoms with van der Waals surface area (Å²) in [6.07, 6.45) is 6.14. The van der Waals surface area contributed by atoms with E-state index in [0.29, 0.717) is 11.3 Å². The van der Waals surface area contributed by atoms with Crippen molar-refractivity contribution in [3.8, 4) is 0 Å². The van der Waals surface area contributed by atoms with Gasteiger partial charge in [-0.15, -0.1) is 11.6 Å². The first-order chi connectivity index (χ1) is 9.22. The molecule has 2 aromatic rings. The minimum absolute atomic E-state index is 0.347. The van der Waals surface area contributed by atoms with E-state index < -0.39 is 0 Å². The molecule has 2 atom stereocenters. The van der Waals surface area contributed by atoms with Crippen molar-refractivity contribution < 1.29 is 0 Å². The van der Waals surface area contributed by atoms with Crippen LogP contribution in [0.4, 0.5) is 0 Å². The van der Waals surface area contributed by atoms with E-state index in [4.69, 9.17) is 11.6 Å². The van der Waals surface area contributed by atoms with Gasteiger partial charge in [0.05, 0.1) is 5.52 Å². The predicted octanol–water partition coefficient (Wildman–Crippen LogP) is 5.20. The fourth-order valence-corrected chi connectivity index (χ4v) is 3.47. The lowest BCUT2D eigenvalue weighted by Crippen LogP contribution is -2.04.